The topological polar surface area (TPSA) is 41.5 Å². The van der Waals surface area contributed by atoms with E-state index >= 15 is 0 Å². The second-order valence-corrected chi connectivity index (χ2v) is 6.49. The van der Waals surface area contributed by atoms with Crippen molar-refractivity contribution >= 4 is 51.4 Å². The fraction of sp³-hybridized carbons (Fsp3) is 0.0667. The van der Waals surface area contributed by atoms with Gasteiger partial charge in [0.05, 0.1) is 12.0 Å². The molecule has 3 nitrogen and oxygen atoms in total. The van der Waals surface area contributed by atoms with Crippen LogP contribution in [0.3, 0.4) is 0 Å². The minimum absolute atomic E-state index is 0.150. The zero-order chi connectivity index (χ0) is 15.1. The van der Waals surface area contributed by atoms with Crippen LogP contribution in [-0.2, 0) is 4.79 Å². The Bertz CT molecular complexity index is 629. The van der Waals surface area contributed by atoms with Gasteiger partial charge in [0.15, 0.2) is 0 Å². The van der Waals surface area contributed by atoms with Gasteiger partial charge in [-0.3, -0.25) is 4.79 Å². The van der Waals surface area contributed by atoms with E-state index < -0.39 is 0 Å². The average Bonchev–Trinajstić information content (AvgIpc) is 2.49. The summed E-state index contributed by atoms with van der Waals surface area (Å²) >= 11 is 10.6. The van der Waals surface area contributed by atoms with Gasteiger partial charge in [0.25, 0.3) is 0 Å². The molecule has 1 N–H and O–H groups in total. The van der Waals surface area contributed by atoms with E-state index in [0.29, 0.717) is 10.8 Å². The van der Waals surface area contributed by atoms with Gasteiger partial charge in [0.1, 0.15) is 0 Å². The largest absolute Gasteiger partial charge is 0.272 e. The van der Waals surface area contributed by atoms with Crippen molar-refractivity contribution in [1.29, 1.82) is 0 Å². The lowest BCUT2D eigenvalue weighted by atomic mass is 10.2. The predicted molar refractivity (Wildman–Crippen MR) is 92.1 cm³/mol. The molecule has 0 aliphatic heterocycles. The van der Waals surface area contributed by atoms with Gasteiger partial charge < -0.3 is 0 Å². The van der Waals surface area contributed by atoms with E-state index in [-0.39, 0.29) is 5.91 Å². The van der Waals surface area contributed by atoms with E-state index in [1.165, 1.54) is 11.8 Å². The Morgan fingerprint density at radius 2 is 1.86 bits per heavy atom. The number of halogens is 2. The van der Waals surface area contributed by atoms with Gasteiger partial charge in [0.2, 0.25) is 5.91 Å². The molecule has 1 amide bonds. The first-order chi connectivity index (χ1) is 10.1. The van der Waals surface area contributed by atoms with Gasteiger partial charge >= 0.3 is 0 Å². The Morgan fingerprint density at radius 3 is 2.52 bits per heavy atom. The number of carbonyl (C=O) groups excluding carboxylic acids is 1. The Morgan fingerprint density at radius 1 is 1.19 bits per heavy atom. The standard InChI is InChI=1S/C15H12BrClN2OS/c16-12-3-1-11(2-4-12)9-18-19-15(20)10-21-14-7-5-13(17)6-8-14/h1-9H,10H2,(H,19,20)/b18-9-. The van der Waals surface area contributed by atoms with Crippen LogP contribution < -0.4 is 5.43 Å². The fourth-order valence-corrected chi connectivity index (χ4v) is 2.52. The molecule has 2 aromatic rings. The van der Waals surface area contributed by atoms with Crippen molar-refractivity contribution in [1.82, 2.24) is 5.43 Å². The molecule has 0 fully saturated rings. The molecule has 6 heteroatoms. The molecule has 0 aromatic heterocycles. The molecule has 0 atom stereocenters. The minimum atomic E-state index is -0.150. The SMILES string of the molecule is O=C(CSc1ccc(Cl)cc1)N/N=C\c1ccc(Br)cc1. The van der Waals surface area contributed by atoms with E-state index in [2.05, 4.69) is 26.5 Å². The van der Waals surface area contributed by atoms with Crippen LogP contribution in [0.2, 0.25) is 5.02 Å². The normalized spacial score (nSPS) is 10.8. The summed E-state index contributed by atoms with van der Waals surface area (Å²) in [4.78, 5) is 12.6. The molecule has 0 saturated heterocycles. The van der Waals surface area contributed by atoms with E-state index in [9.17, 15) is 4.79 Å². The molecule has 0 saturated carbocycles. The highest BCUT2D eigenvalue weighted by Crippen LogP contribution is 2.19. The smallest absolute Gasteiger partial charge is 0.250 e. The van der Waals surface area contributed by atoms with Gasteiger partial charge in [-0.25, -0.2) is 5.43 Å². The van der Waals surface area contributed by atoms with Gasteiger partial charge in [-0.1, -0.05) is 39.7 Å². The molecule has 0 heterocycles. The van der Waals surface area contributed by atoms with E-state index in [0.717, 1.165) is 14.9 Å². The summed E-state index contributed by atoms with van der Waals surface area (Å²) in [5, 5.41) is 4.61. The first kappa shape index (κ1) is 16.1. The Labute approximate surface area is 140 Å². The van der Waals surface area contributed by atoms with Crippen LogP contribution in [0, 0.1) is 0 Å². The molecule has 0 spiro atoms. The van der Waals surface area contributed by atoms with E-state index in [1.807, 2.05) is 36.4 Å². The molecular formula is C15H12BrClN2OS. The van der Waals surface area contributed by atoms with Crippen molar-refractivity contribution in [3.05, 3.63) is 63.6 Å². The molecule has 2 aromatic carbocycles. The summed E-state index contributed by atoms with van der Waals surface area (Å²) < 4.78 is 1.00. The molecule has 0 bridgehead atoms. The highest BCUT2D eigenvalue weighted by molar-refractivity contribution is 9.10. The molecular weight excluding hydrogens is 372 g/mol. The zero-order valence-electron chi connectivity index (χ0n) is 10.9. The molecule has 2 rings (SSSR count). The fourth-order valence-electron chi connectivity index (χ4n) is 1.44. The number of rotatable bonds is 5. The number of amides is 1. The van der Waals surface area contributed by atoms with Gasteiger partial charge in [-0.15, -0.1) is 11.8 Å². The van der Waals surface area contributed by atoms with Crippen LogP contribution in [0.1, 0.15) is 5.56 Å². The number of benzene rings is 2. The number of nitrogens with zero attached hydrogens (tertiary/aromatic N) is 1. The summed E-state index contributed by atoms with van der Waals surface area (Å²) in [5.41, 5.74) is 3.42. The van der Waals surface area contributed by atoms with Gasteiger partial charge in [-0.05, 0) is 42.0 Å². The first-order valence-corrected chi connectivity index (χ1v) is 8.25. The lowest BCUT2D eigenvalue weighted by molar-refractivity contribution is -0.118. The maximum Gasteiger partial charge on any atom is 0.250 e. The van der Waals surface area contributed by atoms with Crippen molar-refractivity contribution in [3.8, 4) is 0 Å². The maximum atomic E-state index is 11.6. The van der Waals surface area contributed by atoms with Gasteiger partial charge in [-0.2, -0.15) is 5.10 Å². The second-order valence-electron chi connectivity index (χ2n) is 4.09. The van der Waals surface area contributed by atoms with Crippen LogP contribution in [0.15, 0.2) is 63.0 Å². The maximum absolute atomic E-state index is 11.6. The number of nitrogens with one attached hydrogen (secondary N) is 1. The molecule has 0 radical (unpaired) electrons. The number of hydrogen-bond donors (Lipinski definition) is 1. The quantitative estimate of drug-likeness (QED) is 0.474. The number of thioether (sulfide) groups is 1. The Hall–Kier alpha value is -1.30. The summed E-state index contributed by atoms with van der Waals surface area (Å²) in [6.07, 6.45) is 1.61. The third kappa shape index (κ3) is 5.91. The summed E-state index contributed by atoms with van der Waals surface area (Å²) in [5.74, 6) is 0.155. The molecule has 0 aliphatic carbocycles. The Kier molecular flexibility index (Phi) is 6.29. The van der Waals surface area contributed by atoms with Crippen molar-refractivity contribution in [2.75, 3.05) is 5.75 Å². The number of hydrazone groups is 1. The highest BCUT2D eigenvalue weighted by atomic mass is 79.9. The van der Waals surface area contributed by atoms with Crippen molar-refractivity contribution < 1.29 is 4.79 Å². The van der Waals surface area contributed by atoms with Crippen molar-refractivity contribution in [2.24, 2.45) is 5.10 Å². The zero-order valence-corrected chi connectivity index (χ0v) is 14.1. The third-order valence-electron chi connectivity index (χ3n) is 2.46. The van der Waals surface area contributed by atoms with Crippen LogP contribution in [-0.4, -0.2) is 17.9 Å². The monoisotopic (exact) mass is 382 g/mol. The molecule has 0 unspecified atom stereocenters. The Balaban J connectivity index is 1.77. The second kappa shape index (κ2) is 8.22. The summed E-state index contributed by atoms with van der Waals surface area (Å²) in [6, 6.07) is 15.0. The molecule has 21 heavy (non-hydrogen) atoms. The highest BCUT2D eigenvalue weighted by Gasteiger charge is 2.01. The lowest BCUT2D eigenvalue weighted by Crippen LogP contribution is -2.19. The van der Waals surface area contributed by atoms with Crippen LogP contribution in [0.5, 0.6) is 0 Å². The van der Waals surface area contributed by atoms with Crippen LogP contribution in [0.4, 0.5) is 0 Å². The molecule has 0 aliphatic rings. The van der Waals surface area contributed by atoms with Gasteiger partial charge in [0, 0.05) is 14.4 Å². The first-order valence-electron chi connectivity index (χ1n) is 6.09. The average molecular weight is 384 g/mol. The summed E-state index contributed by atoms with van der Waals surface area (Å²) in [7, 11) is 0. The van der Waals surface area contributed by atoms with Crippen molar-refractivity contribution in [2.45, 2.75) is 4.90 Å². The van der Waals surface area contributed by atoms with E-state index in [4.69, 9.17) is 11.6 Å². The van der Waals surface area contributed by atoms with Crippen LogP contribution >= 0.6 is 39.3 Å². The minimum Gasteiger partial charge on any atom is -0.272 e. The lowest BCUT2D eigenvalue weighted by Gasteiger charge is -2.01. The van der Waals surface area contributed by atoms with Crippen LogP contribution in [0.25, 0.3) is 0 Å². The predicted octanol–water partition coefficient (Wildman–Crippen LogP) is 4.34. The van der Waals surface area contributed by atoms with E-state index in [1.54, 1.807) is 18.3 Å². The number of hydrogen-bond acceptors (Lipinski definition) is 3. The summed E-state index contributed by atoms with van der Waals surface area (Å²) in [6.45, 7) is 0. The molecule has 108 valence electrons. The van der Waals surface area contributed by atoms with Crippen molar-refractivity contribution in [3.63, 3.8) is 0 Å². The third-order valence-corrected chi connectivity index (χ3v) is 4.25. The number of carbonyl (C=O) groups is 1.